The van der Waals surface area contributed by atoms with Crippen LogP contribution in [0, 0.1) is 0 Å². The van der Waals surface area contributed by atoms with Crippen molar-refractivity contribution in [2.75, 3.05) is 19.8 Å². The minimum Gasteiger partial charge on any atom is -0.480 e. The lowest BCUT2D eigenvalue weighted by molar-refractivity contribution is -0.158. The zero-order chi connectivity index (χ0) is 15.8. The van der Waals surface area contributed by atoms with E-state index in [1.807, 2.05) is 0 Å². The minimum atomic E-state index is -1.35. The molecule has 0 radical (unpaired) electrons. The van der Waals surface area contributed by atoms with Crippen LogP contribution in [-0.4, -0.2) is 54.4 Å². The third kappa shape index (κ3) is 9.29. The van der Waals surface area contributed by atoms with Gasteiger partial charge in [0.05, 0.1) is 13.0 Å². The van der Waals surface area contributed by atoms with Gasteiger partial charge in [0.2, 0.25) is 5.91 Å². The first kappa shape index (κ1) is 18.3. The second kappa shape index (κ2) is 8.49. The number of aliphatic carboxylic acids is 1. The zero-order valence-electron chi connectivity index (χ0n) is 12.0. The van der Waals surface area contributed by atoms with E-state index in [0.29, 0.717) is 0 Å². The Morgan fingerprint density at radius 1 is 1.30 bits per heavy atom. The lowest BCUT2D eigenvalue weighted by atomic mass is 10.1. The summed E-state index contributed by atoms with van der Waals surface area (Å²) in [5.41, 5.74) is 4.46. The lowest BCUT2D eigenvalue weighted by Gasteiger charge is -2.21. The van der Waals surface area contributed by atoms with Gasteiger partial charge in [0, 0.05) is 6.54 Å². The van der Waals surface area contributed by atoms with E-state index in [0.717, 1.165) is 0 Å². The number of amides is 1. The molecule has 0 fully saturated rings. The summed E-state index contributed by atoms with van der Waals surface area (Å²) < 4.78 is 9.86. The van der Waals surface area contributed by atoms with Crippen molar-refractivity contribution in [3.05, 3.63) is 0 Å². The lowest BCUT2D eigenvalue weighted by Crippen LogP contribution is -2.44. The number of nitrogens with two attached hydrogens (primary N) is 1. The zero-order valence-corrected chi connectivity index (χ0v) is 12.0. The largest absolute Gasteiger partial charge is 0.480 e. The molecule has 0 bridgehead atoms. The minimum absolute atomic E-state index is 0.192. The monoisotopic (exact) mass is 290 g/mol. The number of esters is 1. The summed E-state index contributed by atoms with van der Waals surface area (Å²) in [7, 11) is 0. The molecule has 0 aliphatic carbocycles. The van der Waals surface area contributed by atoms with E-state index in [2.05, 4.69) is 5.32 Å². The van der Waals surface area contributed by atoms with Gasteiger partial charge >= 0.3 is 11.9 Å². The van der Waals surface area contributed by atoms with Crippen LogP contribution in [0.15, 0.2) is 0 Å². The maximum atomic E-state index is 11.5. The van der Waals surface area contributed by atoms with E-state index >= 15 is 0 Å². The van der Waals surface area contributed by atoms with Crippen LogP contribution >= 0.6 is 0 Å². The van der Waals surface area contributed by atoms with Crippen molar-refractivity contribution in [2.45, 2.75) is 38.8 Å². The van der Waals surface area contributed by atoms with Crippen molar-refractivity contribution < 1.29 is 29.0 Å². The molecule has 4 N–H and O–H groups in total. The molecule has 8 nitrogen and oxygen atoms in total. The predicted molar refractivity (Wildman–Crippen MR) is 69.9 cm³/mol. The molecule has 0 aliphatic rings. The first-order valence-corrected chi connectivity index (χ1v) is 6.17. The molecule has 116 valence electrons. The summed E-state index contributed by atoms with van der Waals surface area (Å²) in [5, 5.41) is 11.1. The van der Waals surface area contributed by atoms with Crippen LogP contribution in [0.4, 0.5) is 0 Å². The molecule has 0 saturated carbocycles. The third-order valence-electron chi connectivity index (χ3n) is 1.92. The summed E-state index contributed by atoms with van der Waals surface area (Å²) in [4.78, 5) is 33.9. The molecule has 0 rings (SSSR count). The number of carboxylic acids is 1. The summed E-state index contributed by atoms with van der Waals surface area (Å²) in [6, 6.07) is -1.35. The highest BCUT2D eigenvalue weighted by Gasteiger charge is 2.26. The fourth-order valence-corrected chi connectivity index (χ4v) is 1.23. The van der Waals surface area contributed by atoms with Crippen molar-refractivity contribution in [1.29, 1.82) is 0 Å². The summed E-state index contributed by atoms with van der Waals surface area (Å²) in [6.07, 6.45) is -0.449. The maximum absolute atomic E-state index is 11.5. The SMILES string of the molecule is CC(C)(C)OC(=O)C[C@H](NC(=O)COCCN)C(=O)O. The molecule has 0 heterocycles. The molecule has 0 unspecified atom stereocenters. The molecule has 0 aromatic carbocycles. The van der Waals surface area contributed by atoms with Gasteiger partial charge in [-0.1, -0.05) is 0 Å². The van der Waals surface area contributed by atoms with Crippen LogP contribution in [0.5, 0.6) is 0 Å². The van der Waals surface area contributed by atoms with E-state index in [9.17, 15) is 14.4 Å². The highest BCUT2D eigenvalue weighted by molar-refractivity contribution is 5.87. The number of ether oxygens (including phenoxy) is 2. The van der Waals surface area contributed by atoms with Crippen LogP contribution in [0.2, 0.25) is 0 Å². The van der Waals surface area contributed by atoms with Crippen molar-refractivity contribution in [1.82, 2.24) is 5.32 Å². The molecule has 0 aliphatic heterocycles. The Balaban J connectivity index is 4.33. The molecule has 1 amide bonds. The molecule has 0 aromatic rings. The van der Waals surface area contributed by atoms with E-state index in [1.54, 1.807) is 20.8 Å². The molecule has 0 saturated heterocycles. The Hall–Kier alpha value is -1.67. The van der Waals surface area contributed by atoms with Gasteiger partial charge in [-0.05, 0) is 20.8 Å². The van der Waals surface area contributed by atoms with Gasteiger partial charge in [-0.15, -0.1) is 0 Å². The Bertz CT molecular complexity index is 350. The average molecular weight is 290 g/mol. The standard InChI is InChI=1S/C12H22N2O6/c1-12(2,3)20-10(16)6-8(11(17)18)14-9(15)7-19-5-4-13/h8H,4-7,13H2,1-3H3,(H,14,15)(H,17,18)/t8-/m0/s1. The summed E-state index contributed by atoms with van der Waals surface area (Å²) >= 11 is 0. The Kier molecular flexibility index (Phi) is 7.78. The van der Waals surface area contributed by atoms with Crippen LogP contribution in [0.25, 0.3) is 0 Å². The van der Waals surface area contributed by atoms with Gasteiger partial charge in [-0.3, -0.25) is 9.59 Å². The van der Waals surface area contributed by atoms with Crippen molar-refractivity contribution in [3.8, 4) is 0 Å². The maximum Gasteiger partial charge on any atom is 0.326 e. The molecule has 8 heteroatoms. The molecule has 20 heavy (non-hydrogen) atoms. The van der Waals surface area contributed by atoms with Gasteiger partial charge in [-0.2, -0.15) is 0 Å². The quantitative estimate of drug-likeness (QED) is 0.397. The number of rotatable bonds is 8. The van der Waals surface area contributed by atoms with E-state index < -0.39 is 35.9 Å². The second-order valence-electron chi connectivity index (χ2n) is 5.09. The van der Waals surface area contributed by atoms with Crippen molar-refractivity contribution in [3.63, 3.8) is 0 Å². The molecule has 1 atom stereocenters. The molecule has 0 spiro atoms. The van der Waals surface area contributed by atoms with Gasteiger partial charge in [0.15, 0.2) is 0 Å². The average Bonchev–Trinajstić information content (AvgIpc) is 2.25. The van der Waals surface area contributed by atoms with Gasteiger partial charge in [0.25, 0.3) is 0 Å². The van der Waals surface area contributed by atoms with E-state index in [-0.39, 0.29) is 19.8 Å². The van der Waals surface area contributed by atoms with E-state index in [1.165, 1.54) is 0 Å². The fraction of sp³-hybridized carbons (Fsp3) is 0.750. The Morgan fingerprint density at radius 2 is 1.90 bits per heavy atom. The van der Waals surface area contributed by atoms with Crippen LogP contribution < -0.4 is 11.1 Å². The fourth-order valence-electron chi connectivity index (χ4n) is 1.23. The number of nitrogens with one attached hydrogen (secondary N) is 1. The van der Waals surface area contributed by atoms with Crippen molar-refractivity contribution >= 4 is 17.8 Å². The summed E-state index contributed by atoms with van der Waals surface area (Å²) in [6.45, 7) is 5.14. The highest BCUT2D eigenvalue weighted by Crippen LogP contribution is 2.09. The van der Waals surface area contributed by atoms with Gasteiger partial charge < -0.3 is 25.6 Å². The van der Waals surface area contributed by atoms with Gasteiger partial charge in [-0.25, -0.2) is 4.79 Å². The normalized spacial score (nSPS) is 12.6. The van der Waals surface area contributed by atoms with Crippen molar-refractivity contribution in [2.24, 2.45) is 5.73 Å². The first-order valence-electron chi connectivity index (χ1n) is 6.17. The number of hydrogen-bond acceptors (Lipinski definition) is 6. The Morgan fingerprint density at radius 3 is 2.35 bits per heavy atom. The van der Waals surface area contributed by atoms with Crippen LogP contribution in [0.3, 0.4) is 0 Å². The predicted octanol–water partition coefficient (Wildman–Crippen LogP) is -0.737. The third-order valence-corrected chi connectivity index (χ3v) is 1.92. The molecular formula is C12H22N2O6. The number of carboxylic acid groups (broad SMARTS) is 1. The van der Waals surface area contributed by atoms with Gasteiger partial charge in [0.1, 0.15) is 18.2 Å². The summed E-state index contributed by atoms with van der Waals surface area (Å²) in [5.74, 6) is -2.65. The van der Waals surface area contributed by atoms with Crippen LogP contribution in [0.1, 0.15) is 27.2 Å². The second-order valence-corrected chi connectivity index (χ2v) is 5.09. The first-order chi connectivity index (χ1) is 9.15. The topological polar surface area (TPSA) is 128 Å². The highest BCUT2D eigenvalue weighted by atomic mass is 16.6. The number of carbonyl (C=O) groups excluding carboxylic acids is 2. The van der Waals surface area contributed by atoms with E-state index in [4.69, 9.17) is 20.3 Å². The number of carbonyl (C=O) groups is 3. The van der Waals surface area contributed by atoms with Crippen LogP contribution in [-0.2, 0) is 23.9 Å². The number of hydrogen-bond donors (Lipinski definition) is 3. The Labute approximate surface area is 117 Å². The molecular weight excluding hydrogens is 268 g/mol. The molecule has 0 aromatic heterocycles. The smallest absolute Gasteiger partial charge is 0.326 e.